The Morgan fingerprint density at radius 3 is 2.19 bits per heavy atom. The number of carbonyl (C=O) groups is 1. The summed E-state index contributed by atoms with van der Waals surface area (Å²) in [7, 11) is 0. The van der Waals surface area contributed by atoms with E-state index >= 15 is 0 Å². The van der Waals surface area contributed by atoms with E-state index in [1.165, 1.54) is 0 Å². The molecular formula is C23H17N3O. The second kappa shape index (κ2) is 7.62. The van der Waals surface area contributed by atoms with E-state index in [-0.39, 0.29) is 11.5 Å². The van der Waals surface area contributed by atoms with Gasteiger partial charge in [-0.25, -0.2) is 4.98 Å². The van der Waals surface area contributed by atoms with E-state index in [1.807, 2.05) is 84.9 Å². The third kappa shape index (κ3) is 3.75. The molecule has 4 heteroatoms. The maximum absolute atomic E-state index is 13.1. The molecule has 0 saturated carbocycles. The summed E-state index contributed by atoms with van der Waals surface area (Å²) in [5.74, 6) is -0.179. The normalized spacial score (nSPS) is 11.3. The van der Waals surface area contributed by atoms with Crippen molar-refractivity contribution in [2.24, 2.45) is 5.10 Å². The number of carbonyl (C=O) groups excluding carboxylic acids is 1. The van der Waals surface area contributed by atoms with Crippen molar-refractivity contribution >= 4 is 28.1 Å². The first-order valence-corrected chi connectivity index (χ1v) is 8.66. The Labute approximate surface area is 157 Å². The van der Waals surface area contributed by atoms with Crippen molar-refractivity contribution in [1.82, 2.24) is 4.98 Å². The number of pyridine rings is 1. The van der Waals surface area contributed by atoms with E-state index in [1.54, 1.807) is 12.1 Å². The molecule has 0 unspecified atom stereocenters. The quantitative estimate of drug-likeness (QED) is 0.315. The Bertz CT molecular complexity index is 1110. The minimum atomic E-state index is -0.179. The van der Waals surface area contributed by atoms with Gasteiger partial charge >= 0.3 is 0 Å². The van der Waals surface area contributed by atoms with Crippen LogP contribution in [0.4, 0.5) is 5.69 Å². The average molecular weight is 351 g/mol. The van der Waals surface area contributed by atoms with Crippen LogP contribution in [0, 0.1) is 0 Å². The molecule has 4 aromatic rings. The van der Waals surface area contributed by atoms with Crippen LogP contribution in [0.15, 0.2) is 102 Å². The standard InChI is InChI=1S/C23H17N3O/c27-23(18-10-3-1-4-11-18)22(26-25-19-12-5-2-6-13-19)21-16-15-17-9-7-8-14-20(17)24-21/h1-16,25H/b26-22+. The number of Topliss-reactive ketones (excluding diaryl/α,β-unsaturated/α-hetero) is 1. The Kier molecular flexibility index (Phi) is 4.70. The predicted molar refractivity (Wildman–Crippen MR) is 109 cm³/mol. The van der Waals surface area contributed by atoms with Crippen molar-refractivity contribution < 1.29 is 4.79 Å². The lowest BCUT2D eigenvalue weighted by atomic mass is 10.0. The number of rotatable bonds is 5. The molecule has 0 radical (unpaired) electrons. The Morgan fingerprint density at radius 2 is 1.41 bits per heavy atom. The maximum Gasteiger partial charge on any atom is 0.215 e. The zero-order valence-corrected chi connectivity index (χ0v) is 14.5. The number of anilines is 1. The SMILES string of the molecule is O=C(/C(=N/Nc1ccccc1)c1ccc2ccccc2n1)c1ccccc1. The second-order valence-corrected chi connectivity index (χ2v) is 6.02. The number of aromatic nitrogens is 1. The monoisotopic (exact) mass is 351 g/mol. The minimum absolute atomic E-state index is 0.179. The molecule has 0 atom stereocenters. The molecule has 0 saturated heterocycles. The van der Waals surface area contributed by atoms with Crippen molar-refractivity contribution in [3.63, 3.8) is 0 Å². The lowest BCUT2D eigenvalue weighted by molar-refractivity contribution is 0.106. The molecule has 0 aliphatic carbocycles. The molecule has 4 nitrogen and oxygen atoms in total. The lowest BCUT2D eigenvalue weighted by Crippen LogP contribution is -2.19. The van der Waals surface area contributed by atoms with Crippen LogP contribution in [0.2, 0.25) is 0 Å². The van der Waals surface area contributed by atoms with Crippen LogP contribution >= 0.6 is 0 Å². The van der Waals surface area contributed by atoms with Gasteiger partial charge in [-0.05, 0) is 24.3 Å². The maximum atomic E-state index is 13.1. The summed E-state index contributed by atoms with van der Waals surface area (Å²) >= 11 is 0. The third-order valence-corrected chi connectivity index (χ3v) is 4.16. The first kappa shape index (κ1) is 16.7. The molecule has 1 N–H and O–H groups in total. The number of hydrazone groups is 1. The zero-order chi connectivity index (χ0) is 18.5. The molecule has 0 aliphatic heterocycles. The van der Waals surface area contributed by atoms with Gasteiger partial charge in [-0.3, -0.25) is 10.2 Å². The minimum Gasteiger partial charge on any atom is -0.287 e. The van der Waals surface area contributed by atoms with Crippen LogP contribution < -0.4 is 5.43 Å². The summed E-state index contributed by atoms with van der Waals surface area (Å²) in [6.45, 7) is 0. The van der Waals surface area contributed by atoms with Crippen LogP contribution in [0.5, 0.6) is 0 Å². The Morgan fingerprint density at radius 1 is 0.741 bits per heavy atom. The number of ketones is 1. The highest BCUT2D eigenvalue weighted by molar-refractivity contribution is 6.51. The summed E-state index contributed by atoms with van der Waals surface area (Å²) < 4.78 is 0. The van der Waals surface area contributed by atoms with Crippen molar-refractivity contribution in [3.05, 3.63) is 108 Å². The first-order chi connectivity index (χ1) is 13.3. The smallest absolute Gasteiger partial charge is 0.215 e. The van der Waals surface area contributed by atoms with E-state index in [9.17, 15) is 4.79 Å². The number of nitrogens with one attached hydrogen (secondary N) is 1. The van der Waals surface area contributed by atoms with E-state index in [2.05, 4.69) is 15.5 Å². The highest BCUT2D eigenvalue weighted by atomic mass is 16.1. The van der Waals surface area contributed by atoms with Gasteiger partial charge in [0, 0.05) is 10.9 Å². The molecule has 0 amide bonds. The largest absolute Gasteiger partial charge is 0.287 e. The van der Waals surface area contributed by atoms with Crippen LogP contribution in [0.1, 0.15) is 16.1 Å². The molecule has 1 heterocycles. The fourth-order valence-corrected chi connectivity index (χ4v) is 2.78. The summed E-state index contributed by atoms with van der Waals surface area (Å²) in [4.78, 5) is 17.7. The van der Waals surface area contributed by atoms with Crippen LogP contribution in [-0.2, 0) is 0 Å². The molecular weight excluding hydrogens is 334 g/mol. The summed E-state index contributed by atoms with van der Waals surface area (Å²) in [6, 6.07) is 30.2. The van der Waals surface area contributed by atoms with Crippen molar-refractivity contribution in [2.45, 2.75) is 0 Å². The average Bonchev–Trinajstić information content (AvgIpc) is 2.75. The molecule has 4 rings (SSSR count). The fraction of sp³-hybridized carbons (Fsp3) is 0. The van der Waals surface area contributed by atoms with Gasteiger partial charge in [0.1, 0.15) is 0 Å². The lowest BCUT2D eigenvalue weighted by Gasteiger charge is -2.08. The molecule has 1 aromatic heterocycles. The molecule has 0 aliphatic rings. The van der Waals surface area contributed by atoms with Gasteiger partial charge in [-0.15, -0.1) is 0 Å². The number of fused-ring (bicyclic) bond motifs is 1. The first-order valence-electron chi connectivity index (χ1n) is 8.66. The van der Waals surface area contributed by atoms with E-state index in [0.29, 0.717) is 11.3 Å². The van der Waals surface area contributed by atoms with E-state index in [4.69, 9.17) is 0 Å². The van der Waals surface area contributed by atoms with E-state index < -0.39 is 0 Å². The predicted octanol–water partition coefficient (Wildman–Crippen LogP) is 4.93. The molecule has 0 fully saturated rings. The number of para-hydroxylation sites is 2. The number of hydrogen-bond donors (Lipinski definition) is 1. The highest BCUT2D eigenvalue weighted by Crippen LogP contribution is 2.15. The van der Waals surface area contributed by atoms with Gasteiger partial charge in [-0.2, -0.15) is 5.10 Å². The van der Waals surface area contributed by atoms with Crippen LogP contribution in [0.3, 0.4) is 0 Å². The summed E-state index contributed by atoms with van der Waals surface area (Å²) in [6.07, 6.45) is 0. The van der Waals surface area contributed by atoms with Crippen molar-refractivity contribution in [1.29, 1.82) is 0 Å². The van der Waals surface area contributed by atoms with Crippen molar-refractivity contribution in [3.8, 4) is 0 Å². The van der Waals surface area contributed by atoms with Gasteiger partial charge in [-0.1, -0.05) is 72.8 Å². The second-order valence-electron chi connectivity index (χ2n) is 6.02. The van der Waals surface area contributed by atoms with Gasteiger partial charge in [0.05, 0.1) is 16.9 Å². The third-order valence-electron chi connectivity index (χ3n) is 4.16. The molecule has 130 valence electrons. The fourth-order valence-electron chi connectivity index (χ4n) is 2.78. The topological polar surface area (TPSA) is 54.4 Å². The highest BCUT2D eigenvalue weighted by Gasteiger charge is 2.18. The molecule has 27 heavy (non-hydrogen) atoms. The van der Waals surface area contributed by atoms with Gasteiger partial charge < -0.3 is 0 Å². The number of nitrogens with zero attached hydrogens (tertiary/aromatic N) is 2. The summed E-state index contributed by atoms with van der Waals surface area (Å²) in [5, 5.41) is 5.42. The van der Waals surface area contributed by atoms with Gasteiger partial charge in [0.15, 0.2) is 5.71 Å². The van der Waals surface area contributed by atoms with Crippen molar-refractivity contribution in [2.75, 3.05) is 5.43 Å². The van der Waals surface area contributed by atoms with Crippen LogP contribution in [-0.4, -0.2) is 16.5 Å². The van der Waals surface area contributed by atoms with Crippen LogP contribution in [0.25, 0.3) is 10.9 Å². The van der Waals surface area contributed by atoms with Gasteiger partial charge in [0.2, 0.25) is 5.78 Å². The zero-order valence-electron chi connectivity index (χ0n) is 14.5. The Hall–Kier alpha value is -3.79. The number of benzene rings is 3. The summed E-state index contributed by atoms with van der Waals surface area (Å²) in [5.41, 5.74) is 5.97. The Balaban J connectivity index is 1.77. The molecule has 0 bridgehead atoms. The van der Waals surface area contributed by atoms with Gasteiger partial charge in [0.25, 0.3) is 0 Å². The molecule has 0 spiro atoms. The van der Waals surface area contributed by atoms with E-state index in [0.717, 1.165) is 16.6 Å². The number of hydrogen-bond acceptors (Lipinski definition) is 4. The molecule has 3 aromatic carbocycles.